The van der Waals surface area contributed by atoms with Crippen LogP contribution in [0, 0.1) is 11.3 Å². The largest absolute Gasteiger partial charge is 0.494 e. The number of nitrogens with zero attached hydrogens (tertiary/aromatic N) is 3. The predicted octanol–water partition coefficient (Wildman–Crippen LogP) is 5.47. The van der Waals surface area contributed by atoms with E-state index >= 15 is 4.79 Å². The van der Waals surface area contributed by atoms with Crippen LogP contribution in [0.3, 0.4) is 0 Å². The van der Waals surface area contributed by atoms with E-state index < -0.39 is 74.1 Å². The summed E-state index contributed by atoms with van der Waals surface area (Å²) in [4.78, 5) is 62.8. The van der Waals surface area contributed by atoms with Crippen molar-refractivity contribution in [1.82, 2.24) is 19.5 Å². The number of aromatic nitrogens is 1. The number of ether oxygens (including phenoxy) is 2. The van der Waals surface area contributed by atoms with Crippen LogP contribution in [-0.4, -0.2) is 94.8 Å². The van der Waals surface area contributed by atoms with Crippen LogP contribution >= 0.6 is 11.6 Å². The van der Waals surface area contributed by atoms with Crippen LogP contribution in [0.5, 0.6) is 11.6 Å². The number of fused-ring (bicyclic) bond motifs is 1. The normalized spacial score (nSPS) is 22.9. The third-order valence-corrected chi connectivity index (χ3v) is 12.3. The molecule has 54 heavy (non-hydrogen) atoms. The molecule has 1 saturated heterocycles. The molecule has 16 heteroatoms. The molecule has 1 aliphatic heterocycles. The Labute approximate surface area is 318 Å². The molecule has 5 atom stereocenters. The molecule has 0 bridgehead atoms. The second kappa shape index (κ2) is 14.4. The van der Waals surface area contributed by atoms with Crippen LogP contribution in [0.25, 0.3) is 10.8 Å². The summed E-state index contributed by atoms with van der Waals surface area (Å²) in [6.07, 6.45) is 3.46. The van der Waals surface area contributed by atoms with Gasteiger partial charge in [-0.3, -0.25) is 14.3 Å². The van der Waals surface area contributed by atoms with Gasteiger partial charge in [0.05, 0.1) is 30.7 Å². The standard InChI is InChI=1S/C38H44ClN5O9S/c1-7-23-18-38(23,35(48)42-54(50,51)27-12-13-27)44(33(45)31(37(3,4)5)41-25-10-8-9-22(16-25)34(46)47)36(49)43-20-26(15-21(43)2)53-32-29-17-24(39)11-14-28(29)30(52-6)19-40-32/h7-11,14,16-17,19,21,23,26-27,31,41H,1,12-13,15,18,20H2,2-6H3,(H,42,48)(H,46,47)/t21?,23-,26-,31+,38-/m1/s1. The first-order chi connectivity index (χ1) is 25.4. The van der Waals surface area contributed by atoms with E-state index in [2.05, 4.69) is 21.6 Å². The van der Waals surface area contributed by atoms with Gasteiger partial charge in [0.25, 0.3) is 11.8 Å². The summed E-state index contributed by atoms with van der Waals surface area (Å²) in [5.41, 5.74) is -2.55. The van der Waals surface area contributed by atoms with Gasteiger partial charge in [0.1, 0.15) is 23.4 Å². The van der Waals surface area contributed by atoms with Gasteiger partial charge in [-0.1, -0.05) is 44.5 Å². The smallest absolute Gasteiger partial charge is 0.335 e. The number of carboxylic acid groups (broad SMARTS) is 1. The number of aromatic carboxylic acids is 1. The highest BCUT2D eigenvalue weighted by atomic mass is 35.5. The summed E-state index contributed by atoms with van der Waals surface area (Å²) in [5.74, 6) is -2.93. The van der Waals surface area contributed by atoms with Crippen LogP contribution in [0.4, 0.5) is 10.5 Å². The lowest BCUT2D eigenvalue weighted by Crippen LogP contribution is -2.64. The van der Waals surface area contributed by atoms with Crippen LogP contribution in [0.2, 0.25) is 5.02 Å². The molecule has 14 nitrogen and oxygen atoms in total. The lowest BCUT2D eigenvalue weighted by molar-refractivity contribution is -0.141. The maximum atomic E-state index is 15.1. The first kappa shape index (κ1) is 38.8. The van der Waals surface area contributed by atoms with Gasteiger partial charge in [-0.05, 0) is 68.0 Å². The molecule has 3 N–H and O–H groups in total. The zero-order chi connectivity index (χ0) is 39.3. The van der Waals surface area contributed by atoms with Crippen LogP contribution in [-0.2, 0) is 19.6 Å². The van der Waals surface area contributed by atoms with Crippen molar-refractivity contribution in [3.05, 3.63) is 71.9 Å². The van der Waals surface area contributed by atoms with Gasteiger partial charge in [-0.2, -0.15) is 0 Å². The van der Waals surface area contributed by atoms with Crippen molar-refractivity contribution in [2.24, 2.45) is 11.3 Å². The van der Waals surface area contributed by atoms with Crippen molar-refractivity contribution >= 4 is 61.9 Å². The monoisotopic (exact) mass is 781 g/mol. The second-order valence-electron chi connectivity index (χ2n) is 15.2. The maximum Gasteiger partial charge on any atom is 0.335 e. The number of hydrogen-bond donors (Lipinski definition) is 3. The van der Waals surface area contributed by atoms with E-state index in [1.165, 1.54) is 42.5 Å². The lowest BCUT2D eigenvalue weighted by Gasteiger charge is -2.40. The number of hydrogen-bond acceptors (Lipinski definition) is 10. The van der Waals surface area contributed by atoms with Crippen LogP contribution in [0.15, 0.2) is 61.3 Å². The van der Waals surface area contributed by atoms with Gasteiger partial charge in [0.2, 0.25) is 15.9 Å². The molecular weight excluding hydrogens is 738 g/mol. The van der Waals surface area contributed by atoms with Gasteiger partial charge >= 0.3 is 12.0 Å². The van der Waals surface area contributed by atoms with Crippen molar-refractivity contribution in [3.63, 3.8) is 0 Å². The van der Waals surface area contributed by atoms with E-state index in [1.54, 1.807) is 52.0 Å². The number of nitrogens with one attached hydrogen (secondary N) is 2. The number of sulfonamides is 1. The Morgan fingerprint density at radius 2 is 1.87 bits per heavy atom. The minimum atomic E-state index is -4.07. The summed E-state index contributed by atoms with van der Waals surface area (Å²) in [5, 5.41) is 13.8. The van der Waals surface area contributed by atoms with Gasteiger partial charge in [0.15, 0.2) is 0 Å². The number of amides is 4. The molecule has 2 aliphatic carbocycles. The van der Waals surface area contributed by atoms with E-state index in [0.717, 1.165) is 10.3 Å². The highest BCUT2D eigenvalue weighted by Crippen LogP contribution is 2.52. The zero-order valence-corrected chi connectivity index (χ0v) is 32.2. The predicted molar refractivity (Wildman–Crippen MR) is 202 cm³/mol. The summed E-state index contributed by atoms with van der Waals surface area (Å²) in [7, 11) is -2.54. The fraction of sp³-hybridized carbons (Fsp3) is 0.447. The number of urea groups is 1. The average Bonchev–Trinajstić information content (AvgIpc) is 4.04. The van der Waals surface area contributed by atoms with Gasteiger partial charge in [-0.15, -0.1) is 6.58 Å². The number of benzene rings is 2. The van der Waals surface area contributed by atoms with Gasteiger partial charge in [-0.25, -0.2) is 27.9 Å². The first-order valence-corrected chi connectivity index (χ1v) is 19.6. The zero-order valence-electron chi connectivity index (χ0n) is 30.7. The molecule has 1 unspecified atom stereocenters. The Morgan fingerprint density at radius 3 is 2.48 bits per heavy atom. The fourth-order valence-electron chi connectivity index (χ4n) is 7.04. The van der Waals surface area contributed by atoms with Gasteiger partial charge in [0, 0.05) is 39.9 Å². The number of rotatable bonds is 12. The summed E-state index contributed by atoms with van der Waals surface area (Å²) >= 11 is 6.32. The van der Waals surface area contributed by atoms with Crippen LogP contribution in [0.1, 0.15) is 63.7 Å². The van der Waals surface area contributed by atoms with Gasteiger partial charge < -0.3 is 24.8 Å². The molecule has 3 aliphatic rings. The second-order valence-corrected chi connectivity index (χ2v) is 17.6. The fourth-order valence-corrected chi connectivity index (χ4v) is 8.57. The SMILES string of the molecule is C=C[C@@H]1C[C@@]1(C(=O)NS(=O)(=O)C1CC1)N(C(=O)[C@H](Nc1cccc(C(=O)O)c1)C(C)(C)C)C(=O)N1C[C@H](Oc2ncc(OC)c3ccc(Cl)cc23)CC1C. The molecule has 1 aromatic heterocycles. The van der Waals surface area contributed by atoms with Crippen LogP contribution < -0.4 is 19.5 Å². The molecule has 6 rings (SSSR count). The molecule has 0 radical (unpaired) electrons. The number of anilines is 1. The Kier molecular flexibility index (Phi) is 10.4. The molecule has 3 fully saturated rings. The number of imide groups is 1. The topological polar surface area (TPSA) is 185 Å². The highest BCUT2D eigenvalue weighted by Gasteiger charge is 2.68. The summed E-state index contributed by atoms with van der Waals surface area (Å²) in [6.45, 7) is 10.9. The third-order valence-electron chi connectivity index (χ3n) is 10.3. The highest BCUT2D eigenvalue weighted by molar-refractivity contribution is 7.91. The number of carbonyl (C=O) groups is 4. The molecule has 288 valence electrons. The van der Waals surface area contributed by atoms with E-state index in [9.17, 15) is 27.9 Å². The van der Waals surface area contributed by atoms with E-state index in [-0.39, 0.29) is 24.4 Å². The molecule has 2 aromatic carbocycles. The summed E-state index contributed by atoms with van der Waals surface area (Å²) in [6, 6.07) is 8.60. The molecule has 2 saturated carbocycles. The van der Waals surface area contributed by atoms with Crippen molar-refractivity contribution in [1.29, 1.82) is 0 Å². The third kappa shape index (κ3) is 7.43. The van der Waals surface area contributed by atoms with Crippen molar-refractivity contribution in [2.45, 2.75) is 82.4 Å². The first-order valence-electron chi connectivity index (χ1n) is 17.6. The van der Waals surface area contributed by atoms with Crippen molar-refractivity contribution in [2.75, 3.05) is 19.0 Å². The quantitative estimate of drug-likeness (QED) is 0.198. The van der Waals surface area contributed by atoms with Crippen molar-refractivity contribution < 1.29 is 42.2 Å². The molecular formula is C38H44ClN5O9S. The Morgan fingerprint density at radius 1 is 1.15 bits per heavy atom. The van der Waals surface area contributed by atoms with E-state index in [1.807, 2.05) is 0 Å². The number of carbonyl (C=O) groups excluding carboxylic acids is 3. The van der Waals surface area contributed by atoms with E-state index in [4.69, 9.17) is 21.1 Å². The number of likely N-dealkylation sites (tertiary alicyclic amines) is 1. The maximum absolute atomic E-state index is 15.1. The molecule has 3 aromatic rings. The van der Waals surface area contributed by atoms with Crippen molar-refractivity contribution in [3.8, 4) is 11.6 Å². The number of carboxylic acids is 1. The number of pyridine rings is 1. The Balaban J connectivity index is 1.37. The Hall–Kier alpha value is -4.89. The number of halogens is 1. The number of methoxy groups -OCH3 is 1. The molecule has 2 heterocycles. The Bertz CT molecular complexity index is 2140. The lowest BCUT2D eigenvalue weighted by atomic mass is 9.85. The minimum Gasteiger partial charge on any atom is -0.494 e. The molecule has 4 amide bonds. The minimum absolute atomic E-state index is 0.00461. The van der Waals surface area contributed by atoms with E-state index in [0.29, 0.717) is 41.1 Å². The molecule has 0 spiro atoms. The summed E-state index contributed by atoms with van der Waals surface area (Å²) < 4.78 is 40.2. The average molecular weight is 782 g/mol.